The molecule has 1 unspecified atom stereocenters. The van der Waals surface area contributed by atoms with Crippen LogP contribution in [0.1, 0.15) is 24.8 Å². The van der Waals surface area contributed by atoms with Crippen molar-refractivity contribution in [1.29, 1.82) is 0 Å². The van der Waals surface area contributed by atoms with Crippen LogP contribution in [0.2, 0.25) is 5.02 Å². The average molecular weight is 298 g/mol. The van der Waals surface area contributed by atoms with Crippen LogP contribution in [0.15, 0.2) is 24.3 Å². The van der Waals surface area contributed by atoms with Crippen LogP contribution in [-0.4, -0.2) is 37.4 Å². The van der Waals surface area contributed by atoms with E-state index in [1.807, 2.05) is 24.3 Å². The van der Waals surface area contributed by atoms with E-state index in [-0.39, 0.29) is 18.6 Å². The van der Waals surface area contributed by atoms with Gasteiger partial charge in [-0.2, -0.15) is 0 Å². The summed E-state index contributed by atoms with van der Waals surface area (Å²) in [5, 5.41) is 12.7. The van der Waals surface area contributed by atoms with Crippen LogP contribution < -0.4 is 5.32 Å². The highest BCUT2D eigenvalue weighted by molar-refractivity contribution is 6.30. The van der Waals surface area contributed by atoms with Gasteiger partial charge in [-0.25, -0.2) is 0 Å². The molecular weight excluding hydrogens is 278 g/mol. The lowest BCUT2D eigenvalue weighted by molar-refractivity contribution is -0.124. The molecule has 0 spiro atoms. The number of halogens is 1. The third kappa shape index (κ3) is 3.32. The maximum absolute atomic E-state index is 12.5. The molecule has 0 aliphatic heterocycles. The number of rotatable bonds is 7. The van der Waals surface area contributed by atoms with E-state index in [0.29, 0.717) is 18.1 Å². The first-order chi connectivity index (χ1) is 9.62. The molecule has 1 saturated carbocycles. The Morgan fingerprint density at radius 2 is 2.10 bits per heavy atom. The Balaban J connectivity index is 2.05. The summed E-state index contributed by atoms with van der Waals surface area (Å²) in [6.45, 7) is 0.436. The first-order valence-corrected chi connectivity index (χ1v) is 7.17. The average Bonchev–Trinajstić information content (AvgIpc) is 3.21. The molecule has 0 saturated heterocycles. The SMILES string of the molecule is COCC(CCO)NC(=O)C1(c2ccc(Cl)cc2)CC1. The van der Waals surface area contributed by atoms with Crippen molar-refractivity contribution in [2.24, 2.45) is 0 Å². The van der Waals surface area contributed by atoms with Crippen LogP contribution in [0.5, 0.6) is 0 Å². The molecule has 5 heteroatoms. The number of benzene rings is 1. The Morgan fingerprint density at radius 3 is 2.60 bits per heavy atom. The van der Waals surface area contributed by atoms with Crippen molar-refractivity contribution in [3.63, 3.8) is 0 Å². The van der Waals surface area contributed by atoms with Gasteiger partial charge in [0.15, 0.2) is 0 Å². The summed E-state index contributed by atoms with van der Waals surface area (Å²) in [6, 6.07) is 7.29. The summed E-state index contributed by atoms with van der Waals surface area (Å²) in [5.74, 6) is 0.00956. The topological polar surface area (TPSA) is 58.6 Å². The molecule has 0 bridgehead atoms. The Labute approximate surface area is 124 Å². The highest BCUT2D eigenvalue weighted by Crippen LogP contribution is 2.48. The first kappa shape index (κ1) is 15.3. The normalized spacial score (nSPS) is 17.6. The number of methoxy groups -OCH3 is 1. The fourth-order valence-corrected chi connectivity index (χ4v) is 2.54. The monoisotopic (exact) mass is 297 g/mol. The van der Waals surface area contributed by atoms with Crippen LogP contribution in [0.25, 0.3) is 0 Å². The number of nitrogens with one attached hydrogen (secondary N) is 1. The van der Waals surface area contributed by atoms with E-state index in [1.54, 1.807) is 7.11 Å². The van der Waals surface area contributed by atoms with E-state index < -0.39 is 5.41 Å². The molecule has 1 aliphatic rings. The molecule has 1 fully saturated rings. The fraction of sp³-hybridized carbons (Fsp3) is 0.533. The van der Waals surface area contributed by atoms with Gasteiger partial charge >= 0.3 is 0 Å². The number of hydrogen-bond donors (Lipinski definition) is 2. The number of ether oxygens (including phenoxy) is 1. The van der Waals surface area contributed by atoms with Crippen LogP contribution in [0, 0.1) is 0 Å². The molecular formula is C15H20ClNO3. The van der Waals surface area contributed by atoms with Gasteiger partial charge in [-0.3, -0.25) is 4.79 Å². The van der Waals surface area contributed by atoms with Gasteiger partial charge in [0.2, 0.25) is 5.91 Å². The van der Waals surface area contributed by atoms with Crippen molar-refractivity contribution in [2.75, 3.05) is 20.3 Å². The number of amides is 1. The van der Waals surface area contributed by atoms with Gasteiger partial charge in [-0.1, -0.05) is 23.7 Å². The van der Waals surface area contributed by atoms with E-state index in [9.17, 15) is 4.79 Å². The quantitative estimate of drug-likeness (QED) is 0.808. The molecule has 0 aromatic heterocycles. The van der Waals surface area contributed by atoms with Crippen molar-refractivity contribution < 1.29 is 14.6 Å². The molecule has 20 heavy (non-hydrogen) atoms. The lowest BCUT2D eigenvalue weighted by Crippen LogP contribution is -2.44. The van der Waals surface area contributed by atoms with Crippen LogP contribution >= 0.6 is 11.6 Å². The molecule has 4 nitrogen and oxygen atoms in total. The third-order valence-corrected chi connectivity index (χ3v) is 4.01. The van der Waals surface area contributed by atoms with E-state index in [4.69, 9.17) is 21.4 Å². The maximum atomic E-state index is 12.5. The summed E-state index contributed by atoms with van der Waals surface area (Å²) >= 11 is 5.88. The molecule has 110 valence electrons. The molecule has 1 atom stereocenters. The van der Waals surface area contributed by atoms with E-state index in [0.717, 1.165) is 18.4 Å². The van der Waals surface area contributed by atoms with Crippen molar-refractivity contribution in [1.82, 2.24) is 5.32 Å². The van der Waals surface area contributed by atoms with E-state index in [2.05, 4.69) is 5.32 Å². The Hall–Kier alpha value is -1.10. The summed E-state index contributed by atoms with van der Waals surface area (Å²) in [6.07, 6.45) is 2.19. The van der Waals surface area contributed by atoms with E-state index >= 15 is 0 Å². The fourth-order valence-electron chi connectivity index (χ4n) is 2.42. The lowest BCUT2D eigenvalue weighted by atomic mass is 9.94. The number of carbonyl (C=O) groups is 1. The third-order valence-electron chi connectivity index (χ3n) is 3.76. The zero-order valence-electron chi connectivity index (χ0n) is 11.6. The van der Waals surface area contributed by atoms with Crippen molar-refractivity contribution >= 4 is 17.5 Å². The summed E-state index contributed by atoms with van der Waals surface area (Å²) in [5.41, 5.74) is 0.575. The minimum Gasteiger partial charge on any atom is -0.396 e. The van der Waals surface area contributed by atoms with Crippen LogP contribution in [0.4, 0.5) is 0 Å². The summed E-state index contributed by atoms with van der Waals surface area (Å²) < 4.78 is 5.07. The second-order valence-electron chi connectivity index (χ2n) is 5.23. The van der Waals surface area contributed by atoms with Gasteiger partial charge in [0.1, 0.15) is 0 Å². The zero-order chi connectivity index (χ0) is 14.6. The van der Waals surface area contributed by atoms with E-state index in [1.165, 1.54) is 0 Å². The van der Waals surface area contributed by atoms with Crippen molar-refractivity contribution in [2.45, 2.75) is 30.7 Å². The summed E-state index contributed by atoms with van der Waals surface area (Å²) in [7, 11) is 1.59. The van der Waals surface area contributed by atoms with Crippen molar-refractivity contribution in [3.8, 4) is 0 Å². The predicted octanol–water partition coefficient (Wildman–Crippen LogP) is 1.89. The van der Waals surface area contributed by atoms with Gasteiger partial charge in [-0.15, -0.1) is 0 Å². The minimum atomic E-state index is -0.425. The number of aliphatic hydroxyl groups is 1. The van der Waals surface area contributed by atoms with Gasteiger partial charge in [0, 0.05) is 18.7 Å². The van der Waals surface area contributed by atoms with Gasteiger partial charge in [0.25, 0.3) is 0 Å². The maximum Gasteiger partial charge on any atom is 0.230 e. The number of aliphatic hydroxyl groups excluding tert-OH is 1. The molecule has 0 radical (unpaired) electrons. The van der Waals surface area contributed by atoms with Gasteiger partial charge in [-0.05, 0) is 37.0 Å². The molecule has 2 N–H and O–H groups in total. The minimum absolute atomic E-state index is 0.00956. The van der Waals surface area contributed by atoms with Gasteiger partial charge < -0.3 is 15.2 Å². The molecule has 1 amide bonds. The zero-order valence-corrected chi connectivity index (χ0v) is 12.3. The highest BCUT2D eigenvalue weighted by Gasteiger charge is 2.51. The van der Waals surface area contributed by atoms with Crippen LogP contribution in [-0.2, 0) is 14.9 Å². The molecule has 1 aromatic carbocycles. The Kier molecular flexibility index (Phi) is 5.02. The highest BCUT2D eigenvalue weighted by atomic mass is 35.5. The van der Waals surface area contributed by atoms with Gasteiger partial charge in [0.05, 0.1) is 18.1 Å². The summed E-state index contributed by atoms with van der Waals surface area (Å²) in [4.78, 5) is 12.5. The Bertz CT molecular complexity index is 451. The lowest BCUT2D eigenvalue weighted by Gasteiger charge is -2.22. The largest absolute Gasteiger partial charge is 0.396 e. The second kappa shape index (κ2) is 6.57. The molecule has 1 aromatic rings. The molecule has 1 aliphatic carbocycles. The number of carbonyl (C=O) groups excluding carboxylic acids is 1. The number of hydrogen-bond acceptors (Lipinski definition) is 3. The Morgan fingerprint density at radius 1 is 1.45 bits per heavy atom. The van der Waals surface area contributed by atoms with Crippen molar-refractivity contribution in [3.05, 3.63) is 34.9 Å². The standard InChI is InChI=1S/C15H20ClNO3/c1-20-10-13(6-9-18)17-14(19)15(7-8-15)11-2-4-12(16)5-3-11/h2-5,13,18H,6-10H2,1H3,(H,17,19). The second-order valence-corrected chi connectivity index (χ2v) is 5.66. The van der Waals surface area contributed by atoms with Crippen LogP contribution in [0.3, 0.4) is 0 Å². The molecule has 0 heterocycles. The first-order valence-electron chi connectivity index (χ1n) is 6.79. The molecule has 2 rings (SSSR count). The predicted molar refractivity (Wildman–Crippen MR) is 77.9 cm³/mol. The smallest absolute Gasteiger partial charge is 0.230 e.